The highest BCUT2D eigenvalue weighted by Crippen LogP contribution is 2.35. The number of carbonyl (C=O) groups is 2. The molecule has 7 heteroatoms. The van der Waals surface area contributed by atoms with Crippen molar-refractivity contribution in [2.24, 2.45) is 11.8 Å². The lowest BCUT2D eigenvalue weighted by atomic mass is 9.84. The molecule has 2 heterocycles. The first-order valence-corrected chi connectivity index (χ1v) is 8.91. The number of carboxylic acids is 1. The number of rotatable bonds is 5. The number of likely N-dealkylation sites (tertiary alicyclic amines) is 1. The van der Waals surface area contributed by atoms with Crippen molar-refractivity contribution >= 4 is 11.9 Å². The lowest BCUT2D eigenvalue weighted by Gasteiger charge is -2.35. The summed E-state index contributed by atoms with van der Waals surface area (Å²) < 4.78 is 16.3. The van der Waals surface area contributed by atoms with Crippen molar-refractivity contribution in [3.05, 3.63) is 23.8 Å². The van der Waals surface area contributed by atoms with Gasteiger partial charge in [-0.15, -0.1) is 0 Å². The topological polar surface area (TPSA) is 85.3 Å². The Hall–Kier alpha value is -2.28. The van der Waals surface area contributed by atoms with Crippen molar-refractivity contribution in [2.75, 3.05) is 33.9 Å². The Kier molecular flexibility index (Phi) is 5.66. The van der Waals surface area contributed by atoms with Crippen LogP contribution in [0.4, 0.5) is 0 Å². The summed E-state index contributed by atoms with van der Waals surface area (Å²) in [5.74, 6) is -0.173. The van der Waals surface area contributed by atoms with Gasteiger partial charge in [0.2, 0.25) is 0 Å². The highest BCUT2D eigenvalue weighted by atomic mass is 16.5. The van der Waals surface area contributed by atoms with Crippen LogP contribution in [0.1, 0.15) is 29.6 Å². The Morgan fingerprint density at radius 3 is 2.50 bits per heavy atom. The van der Waals surface area contributed by atoms with E-state index in [9.17, 15) is 14.7 Å². The zero-order valence-corrected chi connectivity index (χ0v) is 15.1. The summed E-state index contributed by atoms with van der Waals surface area (Å²) in [6, 6.07) is 5.26. The summed E-state index contributed by atoms with van der Waals surface area (Å²) in [4.78, 5) is 26.1. The summed E-state index contributed by atoms with van der Waals surface area (Å²) in [6.45, 7) is 1.66. The molecule has 0 spiro atoms. The van der Waals surface area contributed by atoms with Gasteiger partial charge in [0.25, 0.3) is 5.91 Å². The number of para-hydroxylation sites is 1. The van der Waals surface area contributed by atoms with E-state index in [-0.39, 0.29) is 17.9 Å². The van der Waals surface area contributed by atoms with E-state index in [4.69, 9.17) is 14.2 Å². The molecule has 2 fully saturated rings. The van der Waals surface area contributed by atoms with E-state index in [1.54, 1.807) is 23.1 Å². The number of nitrogens with zero attached hydrogens (tertiary/aromatic N) is 1. The Morgan fingerprint density at radius 1 is 1.15 bits per heavy atom. The molecular formula is C19H25NO6. The van der Waals surface area contributed by atoms with Gasteiger partial charge in [-0.2, -0.15) is 0 Å². The molecule has 0 aliphatic carbocycles. The van der Waals surface area contributed by atoms with Crippen molar-refractivity contribution in [3.63, 3.8) is 0 Å². The Morgan fingerprint density at radius 2 is 1.88 bits per heavy atom. The molecule has 0 saturated carbocycles. The largest absolute Gasteiger partial charge is 0.493 e. The van der Waals surface area contributed by atoms with Crippen molar-refractivity contribution in [1.29, 1.82) is 0 Å². The molecule has 1 amide bonds. The van der Waals surface area contributed by atoms with Gasteiger partial charge in [0.1, 0.15) is 0 Å². The minimum Gasteiger partial charge on any atom is -0.493 e. The molecule has 2 aliphatic rings. The third-order valence-corrected chi connectivity index (χ3v) is 5.38. The molecule has 1 aromatic carbocycles. The highest BCUT2D eigenvalue weighted by Gasteiger charge is 2.41. The Balaban J connectivity index is 1.67. The first-order chi connectivity index (χ1) is 12.6. The summed E-state index contributed by atoms with van der Waals surface area (Å²) in [7, 11) is 3.06. The van der Waals surface area contributed by atoms with Crippen LogP contribution in [0.25, 0.3) is 0 Å². The van der Waals surface area contributed by atoms with Crippen LogP contribution < -0.4 is 9.47 Å². The Bertz CT molecular complexity index is 668. The maximum atomic E-state index is 12.9. The normalized spacial score (nSPS) is 23.7. The van der Waals surface area contributed by atoms with Gasteiger partial charge in [-0.05, 0) is 37.3 Å². The number of ether oxygens (including phenoxy) is 3. The molecule has 0 radical (unpaired) electrons. The van der Waals surface area contributed by atoms with Gasteiger partial charge >= 0.3 is 5.97 Å². The van der Waals surface area contributed by atoms with Crippen LogP contribution in [0.3, 0.4) is 0 Å². The average molecular weight is 363 g/mol. The molecule has 1 N–H and O–H groups in total. The van der Waals surface area contributed by atoms with Crippen molar-refractivity contribution in [3.8, 4) is 11.5 Å². The first kappa shape index (κ1) is 18.5. The summed E-state index contributed by atoms with van der Waals surface area (Å²) >= 11 is 0. The predicted octanol–water partition coefficient (Wildman–Crippen LogP) is 2.05. The van der Waals surface area contributed by atoms with Crippen LogP contribution in [-0.2, 0) is 9.53 Å². The summed E-state index contributed by atoms with van der Waals surface area (Å²) in [5.41, 5.74) is 0.478. The second kappa shape index (κ2) is 7.95. The fourth-order valence-electron chi connectivity index (χ4n) is 4.00. The molecule has 26 heavy (non-hydrogen) atoms. The van der Waals surface area contributed by atoms with Crippen LogP contribution in [-0.4, -0.2) is 61.9 Å². The molecule has 3 rings (SSSR count). The number of methoxy groups -OCH3 is 2. The minimum absolute atomic E-state index is 0.0960. The van der Waals surface area contributed by atoms with Crippen LogP contribution >= 0.6 is 0 Å². The second-order valence-electron chi connectivity index (χ2n) is 6.74. The van der Waals surface area contributed by atoms with E-state index in [0.717, 1.165) is 12.8 Å². The van der Waals surface area contributed by atoms with Gasteiger partial charge in [0.05, 0.1) is 31.8 Å². The van der Waals surface area contributed by atoms with Gasteiger partial charge in [-0.1, -0.05) is 6.07 Å². The van der Waals surface area contributed by atoms with E-state index in [2.05, 4.69) is 0 Å². The third-order valence-electron chi connectivity index (χ3n) is 5.38. The van der Waals surface area contributed by atoms with Crippen molar-refractivity contribution in [2.45, 2.75) is 25.4 Å². The van der Waals surface area contributed by atoms with E-state index in [0.29, 0.717) is 43.2 Å². The SMILES string of the molecule is COc1cccc(C(=O)N2CCC([C@@H]3OCCC3C(=O)O)CC2)c1OC. The third kappa shape index (κ3) is 3.49. The number of carboxylic acid groups (broad SMARTS) is 1. The molecule has 0 aromatic heterocycles. The maximum Gasteiger partial charge on any atom is 0.309 e. The number of carbonyl (C=O) groups excluding carboxylic acids is 1. The van der Waals surface area contributed by atoms with Crippen LogP contribution in [0.15, 0.2) is 18.2 Å². The molecule has 1 unspecified atom stereocenters. The van der Waals surface area contributed by atoms with Crippen molar-refractivity contribution in [1.82, 2.24) is 4.90 Å². The van der Waals surface area contributed by atoms with Gasteiger partial charge < -0.3 is 24.2 Å². The molecule has 1 aromatic rings. The van der Waals surface area contributed by atoms with Gasteiger partial charge in [0.15, 0.2) is 11.5 Å². The molecule has 2 atom stereocenters. The summed E-state index contributed by atoms with van der Waals surface area (Å²) in [6.07, 6.45) is 1.81. The molecular weight excluding hydrogens is 338 g/mol. The van der Waals surface area contributed by atoms with E-state index in [1.165, 1.54) is 14.2 Å². The number of hydrogen-bond acceptors (Lipinski definition) is 5. The van der Waals surface area contributed by atoms with Gasteiger partial charge in [0, 0.05) is 19.7 Å². The fraction of sp³-hybridized carbons (Fsp3) is 0.579. The lowest BCUT2D eigenvalue weighted by molar-refractivity contribution is -0.145. The smallest absolute Gasteiger partial charge is 0.309 e. The zero-order valence-electron chi connectivity index (χ0n) is 15.1. The lowest BCUT2D eigenvalue weighted by Crippen LogP contribution is -2.43. The number of hydrogen-bond donors (Lipinski definition) is 1. The van der Waals surface area contributed by atoms with Crippen LogP contribution in [0, 0.1) is 11.8 Å². The molecule has 2 aliphatic heterocycles. The monoisotopic (exact) mass is 363 g/mol. The number of piperidine rings is 1. The Labute approximate surface area is 152 Å². The molecule has 142 valence electrons. The first-order valence-electron chi connectivity index (χ1n) is 8.91. The molecule has 7 nitrogen and oxygen atoms in total. The van der Waals surface area contributed by atoms with Gasteiger partial charge in [-0.25, -0.2) is 0 Å². The standard InChI is InChI=1S/C19H25NO6/c1-24-15-5-3-4-13(17(15)25-2)18(21)20-9-6-12(7-10-20)16-14(19(22)23)8-11-26-16/h3-5,12,14,16H,6-11H2,1-2H3,(H,22,23)/t14?,16-/m0/s1. The molecule has 2 saturated heterocycles. The predicted molar refractivity (Wildman–Crippen MR) is 93.7 cm³/mol. The number of aliphatic carboxylic acids is 1. The highest BCUT2D eigenvalue weighted by molar-refractivity contribution is 5.97. The number of benzene rings is 1. The van der Waals surface area contributed by atoms with E-state index >= 15 is 0 Å². The number of amides is 1. The van der Waals surface area contributed by atoms with Crippen molar-refractivity contribution < 1.29 is 28.9 Å². The quantitative estimate of drug-likeness (QED) is 0.862. The zero-order chi connectivity index (χ0) is 18.7. The average Bonchev–Trinajstić information content (AvgIpc) is 3.17. The molecule has 0 bridgehead atoms. The van der Waals surface area contributed by atoms with Crippen LogP contribution in [0.5, 0.6) is 11.5 Å². The van der Waals surface area contributed by atoms with E-state index < -0.39 is 11.9 Å². The van der Waals surface area contributed by atoms with Crippen LogP contribution in [0.2, 0.25) is 0 Å². The van der Waals surface area contributed by atoms with E-state index in [1.807, 2.05) is 0 Å². The fourth-order valence-corrected chi connectivity index (χ4v) is 4.00. The maximum absolute atomic E-state index is 12.9. The van der Waals surface area contributed by atoms with Gasteiger partial charge in [-0.3, -0.25) is 9.59 Å². The second-order valence-corrected chi connectivity index (χ2v) is 6.74. The minimum atomic E-state index is -0.785. The summed E-state index contributed by atoms with van der Waals surface area (Å²) in [5, 5.41) is 9.34.